The van der Waals surface area contributed by atoms with E-state index in [0.29, 0.717) is 4.22 Å². The normalized spacial score (nSPS) is 13.8. The summed E-state index contributed by atoms with van der Waals surface area (Å²) < 4.78 is 4.26. The third-order valence-corrected chi connectivity index (χ3v) is 6.26. The Morgan fingerprint density at radius 2 is 1.67 bits per heavy atom. The van der Waals surface area contributed by atoms with Crippen LogP contribution in [-0.4, -0.2) is 25.5 Å². The van der Waals surface area contributed by atoms with Crippen LogP contribution in [-0.2, 0) is 19.4 Å². The summed E-state index contributed by atoms with van der Waals surface area (Å²) in [6.07, 6.45) is 5.81. The van der Waals surface area contributed by atoms with Gasteiger partial charge in [-0.2, -0.15) is 0 Å². The summed E-state index contributed by atoms with van der Waals surface area (Å²) in [4.78, 5) is 2.23. The summed E-state index contributed by atoms with van der Waals surface area (Å²) in [5.41, 5.74) is 7.05. The first kappa shape index (κ1) is 24.0. The van der Waals surface area contributed by atoms with Crippen LogP contribution in [0.3, 0.4) is 0 Å². The number of rotatable bonds is 7. The van der Waals surface area contributed by atoms with E-state index in [1.54, 1.807) is 0 Å². The van der Waals surface area contributed by atoms with Gasteiger partial charge < -0.3 is 0 Å². The zero-order valence-corrected chi connectivity index (χ0v) is 19.3. The molecule has 144 valence electrons. The van der Waals surface area contributed by atoms with Gasteiger partial charge in [0.1, 0.15) is 0 Å². The predicted octanol–water partition coefficient (Wildman–Crippen LogP) is 5.98. The van der Waals surface area contributed by atoms with Gasteiger partial charge in [0.05, 0.1) is 0 Å². The molecule has 1 aliphatic carbocycles. The second-order valence-electron chi connectivity index (χ2n) is 6.83. The van der Waals surface area contributed by atoms with Gasteiger partial charge in [-0.3, -0.25) is 0 Å². The van der Waals surface area contributed by atoms with E-state index in [9.17, 15) is 0 Å². The Morgan fingerprint density at radius 3 is 2.37 bits per heavy atom. The Hall–Kier alpha value is -1.03. The number of benzene rings is 2. The number of halogens is 2. The zero-order valence-electron chi connectivity index (χ0n) is 16.1. The molecule has 0 bridgehead atoms. The summed E-state index contributed by atoms with van der Waals surface area (Å²) >= 11 is -0.305. The van der Waals surface area contributed by atoms with Gasteiger partial charge in [0.15, 0.2) is 0 Å². The number of allylic oxidation sites excluding steroid dienone is 2. The van der Waals surface area contributed by atoms with Crippen LogP contribution in [0, 0.1) is 0 Å². The molecule has 1 N–H and O–H groups in total. The average Bonchev–Trinajstić information content (AvgIpc) is 3.08. The van der Waals surface area contributed by atoms with Crippen molar-refractivity contribution in [3.8, 4) is 0 Å². The maximum Gasteiger partial charge on any atom is -0.147 e. The molecular weight excluding hydrogens is 411 g/mol. The number of para-hydroxylation sites is 1. The van der Waals surface area contributed by atoms with E-state index in [1.165, 1.54) is 28.0 Å². The molecule has 1 atom stereocenters. The number of anilines is 1. The van der Waals surface area contributed by atoms with Crippen molar-refractivity contribution < 1.29 is 19.4 Å². The second-order valence-corrected chi connectivity index (χ2v) is 9.03. The smallest absolute Gasteiger partial charge is 0.147 e. The molecule has 3 rings (SSSR count). The van der Waals surface area contributed by atoms with Crippen LogP contribution in [0.4, 0.5) is 5.69 Å². The van der Waals surface area contributed by atoms with Crippen molar-refractivity contribution in [2.45, 2.75) is 17.6 Å². The average molecular weight is 439 g/mol. The summed E-state index contributed by atoms with van der Waals surface area (Å²) in [6, 6.07) is 19.5. The molecule has 0 saturated carbocycles. The van der Waals surface area contributed by atoms with Crippen molar-refractivity contribution in [2.24, 2.45) is 0 Å². The van der Waals surface area contributed by atoms with Crippen molar-refractivity contribution in [3.63, 3.8) is 0 Å². The van der Waals surface area contributed by atoms with E-state index in [-0.39, 0.29) is 44.2 Å². The third-order valence-electron chi connectivity index (χ3n) is 4.42. The summed E-state index contributed by atoms with van der Waals surface area (Å²) in [5.74, 6) is 0. The molecule has 1 unspecified atom stereocenters. The summed E-state index contributed by atoms with van der Waals surface area (Å²) in [7, 11) is 4.26. The third kappa shape index (κ3) is 6.82. The maximum atomic E-state index is 3.68. The van der Waals surface area contributed by atoms with Crippen LogP contribution >= 0.6 is 24.8 Å². The van der Waals surface area contributed by atoms with Crippen molar-refractivity contribution in [1.82, 2.24) is 4.90 Å². The van der Waals surface area contributed by atoms with Gasteiger partial charge in [0.25, 0.3) is 0 Å². The molecule has 0 aliphatic heterocycles. The number of hydrogen-bond donors (Lipinski definition) is 1. The van der Waals surface area contributed by atoms with Crippen LogP contribution in [0.25, 0.3) is 5.57 Å². The molecule has 1 aliphatic rings. The largest absolute Gasteiger partial charge is 0.147 e. The monoisotopic (exact) mass is 438 g/mol. The Kier molecular flexibility index (Phi) is 10.4. The van der Waals surface area contributed by atoms with Crippen LogP contribution in [0.2, 0.25) is 0 Å². The van der Waals surface area contributed by atoms with Crippen molar-refractivity contribution in [2.75, 3.05) is 24.4 Å². The first-order valence-electron chi connectivity index (χ1n) is 8.83. The number of nitrogens with one attached hydrogen (secondary N) is 1. The fourth-order valence-electron chi connectivity index (χ4n) is 3.20. The van der Waals surface area contributed by atoms with Gasteiger partial charge in [-0.05, 0) is 0 Å². The van der Waals surface area contributed by atoms with E-state index in [4.69, 9.17) is 0 Å². The summed E-state index contributed by atoms with van der Waals surface area (Å²) in [6.45, 7) is 3.38. The molecule has 0 aromatic heterocycles. The van der Waals surface area contributed by atoms with Gasteiger partial charge in [-0.1, -0.05) is 0 Å². The number of nitrogens with zero attached hydrogens (tertiary/aromatic N) is 1. The molecule has 0 fully saturated rings. The number of likely N-dealkylation sites (N-methyl/N-ethyl adjacent to an activating group) is 1. The molecule has 2 nitrogen and oxygen atoms in total. The first-order chi connectivity index (χ1) is 12.1. The minimum absolute atomic E-state index is 0. The molecule has 0 spiro atoms. The first-order valence-corrected chi connectivity index (χ1v) is 10.5. The van der Waals surface area contributed by atoms with Crippen LogP contribution in [0.1, 0.15) is 28.7 Å². The standard InChI is InChI=1S/C16H20N.C6H6N.2ClH.Ti/c1-4-14-7-5-6-8-16(14)15-10-9-13(11-15)12-17(2)3;7-6-4-2-1-3-5-6;;;/h4-9,11H,10,12H2,1-3H3;1-5,7H;2*1H;/q;-1;;;+1. The van der Waals surface area contributed by atoms with E-state index in [2.05, 4.69) is 96.5 Å². The summed E-state index contributed by atoms with van der Waals surface area (Å²) in [5, 5.41) is 0. The SMILES string of the molecule is C[CH]([Ti][NH]c1ccccc1)c1ccccc1C1=CC(CN(C)C)=CC1.Cl.Cl. The van der Waals surface area contributed by atoms with Gasteiger partial charge in [-0.25, -0.2) is 0 Å². The molecule has 0 saturated heterocycles. The Balaban J connectivity index is 0.00000182. The molecule has 0 heterocycles. The predicted molar refractivity (Wildman–Crippen MR) is 119 cm³/mol. The van der Waals surface area contributed by atoms with Crippen LogP contribution in [0.5, 0.6) is 0 Å². The molecule has 27 heavy (non-hydrogen) atoms. The topological polar surface area (TPSA) is 15.3 Å². The van der Waals surface area contributed by atoms with Crippen molar-refractivity contribution in [1.29, 1.82) is 0 Å². The van der Waals surface area contributed by atoms with E-state index in [1.807, 2.05) is 0 Å². The van der Waals surface area contributed by atoms with Gasteiger partial charge in [0.2, 0.25) is 0 Å². The van der Waals surface area contributed by atoms with Gasteiger partial charge >= 0.3 is 161 Å². The quantitative estimate of drug-likeness (QED) is 0.535. The van der Waals surface area contributed by atoms with Gasteiger partial charge in [0, 0.05) is 0 Å². The Morgan fingerprint density at radius 1 is 1.00 bits per heavy atom. The zero-order chi connectivity index (χ0) is 17.6. The van der Waals surface area contributed by atoms with E-state index in [0.717, 1.165) is 13.0 Å². The molecular formula is C22H28Cl2N2Ti. The second kappa shape index (κ2) is 11.7. The Labute approximate surface area is 185 Å². The van der Waals surface area contributed by atoms with Gasteiger partial charge in [-0.15, -0.1) is 24.8 Å². The molecule has 2 aromatic rings. The van der Waals surface area contributed by atoms with Crippen LogP contribution < -0.4 is 3.80 Å². The fourth-order valence-corrected chi connectivity index (χ4v) is 4.70. The minimum Gasteiger partial charge on any atom is -0.147 e. The molecule has 0 amide bonds. The van der Waals surface area contributed by atoms with Crippen LogP contribution in [0.15, 0.2) is 72.3 Å². The molecule has 5 heteroatoms. The molecule has 0 radical (unpaired) electrons. The van der Waals surface area contributed by atoms with Crippen molar-refractivity contribution >= 4 is 36.1 Å². The molecule has 2 aromatic carbocycles. The van der Waals surface area contributed by atoms with Crippen molar-refractivity contribution in [3.05, 3.63) is 83.4 Å². The Bertz CT molecular complexity index is 773. The fraction of sp³-hybridized carbons (Fsp3) is 0.273. The maximum absolute atomic E-state index is 3.68. The number of hydrogen-bond acceptors (Lipinski definition) is 2. The van der Waals surface area contributed by atoms with E-state index >= 15 is 0 Å². The van der Waals surface area contributed by atoms with E-state index < -0.39 is 0 Å². The minimum atomic E-state index is -0.305.